The van der Waals surface area contributed by atoms with E-state index in [1.165, 1.54) is 5.56 Å². The van der Waals surface area contributed by atoms with Crippen molar-refractivity contribution in [3.05, 3.63) is 61.0 Å². The van der Waals surface area contributed by atoms with Crippen LogP contribution in [0.3, 0.4) is 0 Å². The van der Waals surface area contributed by atoms with Crippen LogP contribution in [0.1, 0.15) is 22.7 Å². The van der Waals surface area contributed by atoms with E-state index in [-0.39, 0.29) is 6.04 Å². The normalized spacial score (nSPS) is 14.7. The lowest BCUT2D eigenvalue weighted by molar-refractivity contribution is 0.351. The molecule has 1 heterocycles. The minimum absolute atomic E-state index is 0.0259. The molecule has 0 aliphatic carbocycles. The fraction of sp³-hybridized carbons (Fsp3) is 0.250. The molecule has 1 N–H and O–H groups in total. The van der Waals surface area contributed by atoms with Crippen molar-refractivity contribution in [3.8, 4) is 5.75 Å². The van der Waals surface area contributed by atoms with Gasteiger partial charge < -0.3 is 10.1 Å². The first-order valence-electron chi connectivity index (χ1n) is 6.67. The van der Waals surface area contributed by atoms with Crippen LogP contribution in [0.5, 0.6) is 5.75 Å². The first-order chi connectivity index (χ1) is 10.1. The Kier molecular flexibility index (Phi) is 4.60. The van der Waals surface area contributed by atoms with Crippen LogP contribution in [0.15, 0.2) is 39.3 Å². The van der Waals surface area contributed by atoms with Crippen LogP contribution < -0.4 is 10.1 Å². The van der Waals surface area contributed by atoms with Gasteiger partial charge in [-0.1, -0.05) is 49.5 Å². The minimum Gasteiger partial charge on any atom is -0.493 e. The lowest BCUT2D eigenvalue weighted by Crippen LogP contribution is -2.19. The van der Waals surface area contributed by atoms with E-state index in [2.05, 4.69) is 43.2 Å². The lowest BCUT2D eigenvalue weighted by Gasteiger charge is -2.21. The average molecular weight is 432 g/mol. The van der Waals surface area contributed by atoms with Crippen molar-refractivity contribution < 1.29 is 4.74 Å². The first-order valence-corrected chi connectivity index (χ1v) is 8.64. The third-order valence-electron chi connectivity index (χ3n) is 3.65. The van der Waals surface area contributed by atoms with E-state index in [1.807, 2.05) is 31.3 Å². The number of halogens is 3. The topological polar surface area (TPSA) is 21.3 Å². The van der Waals surface area contributed by atoms with Crippen molar-refractivity contribution in [1.82, 2.24) is 5.32 Å². The third-order valence-corrected chi connectivity index (χ3v) is 5.05. The summed E-state index contributed by atoms with van der Waals surface area (Å²) in [5.74, 6) is 0.966. The maximum Gasteiger partial charge on any atom is 0.127 e. The monoisotopic (exact) mass is 429 g/mol. The number of nitrogens with one attached hydrogen (secondary N) is 1. The molecule has 1 atom stereocenters. The second-order valence-corrected chi connectivity index (χ2v) is 7.18. The van der Waals surface area contributed by atoms with Crippen LogP contribution in [0.25, 0.3) is 0 Å². The van der Waals surface area contributed by atoms with Gasteiger partial charge in [-0.25, -0.2) is 0 Å². The second-order valence-electron chi connectivity index (χ2n) is 4.97. The van der Waals surface area contributed by atoms with E-state index < -0.39 is 0 Å². The van der Waals surface area contributed by atoms with E-state index in [0.717, 1.165) is 43.9 Å². The van der Waals surface area contributed by atoms with Gasteiger partial charge in [0.15, 0.2) is 0 Å². The highest BCUT2D eigenvalue weighted by atomic mass is 79.9. The van der Waals surface area contributed by atoms with Crippen molar-refractivity contribution in [2.45, 2.75) is 12.5 Å². The molecule has 0 amide bonds. The van der Waals surface area contributed by atoms with Gasteiger partial charge in [-0.15, -0.1) is 0 Å². The molecule has 1 unspecified atom stereocenters. The van der Waals surface area contributed by atoms with E-state index in [9.17, 15) is 0 Å². The van der Waals surface area contributed by atoms with Crippen LogP contribution in [-0.2, 0) is 6.42 Å². The van der Waals surface area contributed by atoms with E-state index in [1.54, 1.807) is 0 Å². The molecule has 2 aromatic carbocycles. The molecule has 0 aromatic heterocycles. The predicted molar refractivity (Wildman–Crippen MR) is 93.4 cm³/mol. The SMILES string of the molecule is CNC(c1ccc(Br)cc1Br)c1cc(Cl)cc2c1OCC2. The standard InChI is InChI=1S/C16H14Br2ClNO/c1-20-15(12-3-2-10(17)7-14(12)18)13-8-11(19)6-9-4-5-21-16(9)13/h2-3,6-8,15,20H,4-5H2,1H3. The summed E-state index contributed by atoms with van der Waals surface area (Å²) < 4.78 is 7.92. The highest BCUT2D eigenvalue weighted by Gasteiger charge is 2.24. The van der Waals surface area contributed by atoms with Crippen LogP contribution in [-0.4, -0.2) is 13.7 Å². The fourth-order valence-electron chi connectivity index (χ4n) is 2.73. The fourth-order valence-corrected chi connectivity index (χ4v) is 4.25. The van der Waals surface area contributed by atoms with Gasteiger partial charge >= 0.3 is 0 Å². The van der Waals surface area contributed by atoms with Crippen molar-refractivity contribution in [1.29, 1.82) is 0 Å². The smallest absolute Gasteiger partial charge is 0.127 e. The van der Waals surface area contributed by atoms with Gasteiger partial charge in [-0.3, -0.25) is 0 Å². The first kappa shape index (κ1) is 15.3. The molecule has 5 heteroatoms. The molecule has 0 radical (unpaired) electrons. The zero-order valence-corrected chi connectivity index (χ0v) is 15.3. The average Bonchev–Trinajstić information content (AvgIpc) is 2.89. The Balaban J connectivity index is 2.13. The maximum absolute atomic E-state index is 6.28. The summed E-state index contributed by atoms with van der Waals surface area (Å²) in [5.41, 5.74) is 3.42. The quantitative estimate of drug-likeness (QED) is 0.729. The van der Waals surface area contributed by atoms with Crippen molar-refractivity contribution in [3.63, 3.8) is 0 Å². The summed E-state index contributed by atoms with van der Waals surface area (Å²) in [5, 5.41) is 4.12. The molecule has 1 aliphatic heterocycles. The van der Waals surface area contributed by atoms with Gasteiger partial charge in [0, 0.05) is 26.0 Å². The van der Waals surface area contributed by atoms with Crippen LogP contribution in [0.4, 0.5) is 0 Å². The molecule has 2 aromatic rings. The minimum atomic E-state index is 0.0259. The molecule has 0 fully saturated rings. The number of rotatable bonds is 3. The molecule has 0 saturated carbocycles. The zero-order chi connectivity index (χ0) is 15.0. The Hall–Kier alpha value is -0.550. The second kappa shape index (κ2) is 6.29. The van der Waals surface area contributed by atoms with Crippen molar-refractivity contribution >= 4 is 43.5 Å². The predicted octanol–water partition coefficient (Wildman–Crippen LogP) is 5.11. The molecular weight excluding hydrogens is 417 g/mol. The van der Waals surface area contributed by atoms with E-state index >= 15 is 0 Å². The van der Waals surface area contributed by atoms with Crippen LogP contribution in [0, 0.1) is 0 Å². The number of ether oxygens (including phenoxy) is 1. The highest BCUT2D eigenvalue weighted by Crippen LogP contribution is 2.40. The lowest BCUT2D eigenvalue weighted by atomic mass is 9.96. The third kappa shape index (κ3) is 3.00. The maximum atomic E-state index is 6.28. The molecule has 21 heavy (non-hydrogen) atoms. The summed E-state index contributed by atoms with van der Waals surface area (Å²) >= 11 is 13.4. The number of benzene rings is 2. The molecule has 110 valence electrons. The van der Waals surface area contributed by atoms with Crippen LogP contribution >= 0.6 is 43.5 Å². The molecule has 0 saturated heterocycles. The Morgan fingerprint density at radius 2 is 2.00 bits per heavy atom. The largest absolute Gasteiger partial charge is 0.493 e. The Morgan fingerprint density at radius 1 is 1.19 bits per heavy atom. The summed E-state index contributed by atoms with van der Waals surface area (Å²) in [6, 6.07) is 10.2. The summed E-state index contributed by atoms with van der Waals surface area (Å²) in [6.07, 6.45) is 0.917. The van der Waals surface area contributed by atoms with Gasteiger partial charge in [-0.05, 0) is 42.4 Å². The zero-order valence-electron chi connectivity index (χ0n) is 11.4. The van der Waals surface area contributed by atoms with Gasteiger partial charge in [0.05, 0.1) is 12.6 Å². The Bertz CT molecular complexity index is 690. The Labute approximate surface area is 146 Å². The summed E-state index contributed by atoms with van der Waals surface area (Å²) in [4.78, 5) is 0. The van der Waals surface area contributed by atoms with Gasteiger partial charge in [0.1, 0.15) is 5.75 Å². The van der Waals surface area contributed by atoms with Gasteiger partial charge in [0.2, 0.25) is 0 Å². The molecule has 0 bridgehead atoms. The van der Waals surface area contributed by atoms with Gasteiger partial charge in [0.25, 0.3) is 0 Å². The molecule has 3 rings (SSSR count). The van der Waals surface area contributed by atoms with Crippen molar-refractivity contribution in [2.24, 2.45) is 0 Å². The Morgan fingerprint density at radius 3 is 2.71 bits per heavy atom. The highest BCUT2D eigenvalue weighted by molar-refractivity contribution is 9.11. The number of hydrogen-bond donors (Lipinski definition) is 1. The summed E-state index contributed by atoms with van der Waals surface area (Å²) in [7, 11) is 1.95. The van der Waals surface area contributed by atoms with E-state index in [4.69, 9.17) is 16.3 Å². The molecule has 0 spiro atoms. The van der Waals surface area contributed by atoms with Crippen LogP contribution in [0.2, 0.25) is 5.02 Å². The molecule has 1 aliphatic rings. The molecule has 2 nitrogen and oxygen atoms in total. The van der Waals surface area contributed by atoms with E-state index in [0.29, 0.717) is 0 Å². The molecular formula is C16H14Br2ClNO. The summed E-state index contributed by atoms with van der Waals surface area (Å²) in [6.45, 7) is 0.723. The number of hydrogen-bond acceptors (Lipinski definition) is 2. The number of fused-ring (bicyclic) bond motifs is 1. The van der Waals surface area contributed by atoms with Gasteiger partial charge in [-0.2, -0.15) is 0 Å². The van der Waals surface area contributed by atoms with Crippen molar-refractivity contribution in [2.75, 3.05) is 13.7 Å².